The number of rotatable bonds is 3. The number of nitrogens with zero attached hydrogens (tertiary/aromatic N) is 2. The first kappa shape index (κ1) is 13.8. The van der Waals surface area contributed by atoms with E-state index in [0.29, 0.717) is 21.2 Å². The van der Waals surface area contributed by atoms with Crippen molar-refractivity contribution in [3.8, 4) is 0 Å². The molecule has 2 aromatic rings. The minimum absolute atomic E-state index is 0.205. The van der Waals surface area contributed by atoms with Crippen LogP contribution in [0.15, 0.2) is 24.3 Å². The SMILES string of the molecule is C[C@H](NC(=O)c1cccc(Cl)c1)c1n[nH]c(=S)n1C. The molecule has 0 saturated carbocycles. The lowest BCUT2D eigenvalue weighted by molar-refractivity contribution is 0.0938. The molecule has 0 aliphatic rings. The number of nitrogens with one attached hydrogen (secondary N) is 2. The van der Waals surface area contributed by atoms with E-state index in [1.807, 2.05) is 6.92 Å². The second-order valence-electron chi connectivity index (χ2n) is 4.15. The van der Waals surface area contributed by atoms with Crippen molar-refractivity contribution >= 4 is 29.7 Å². The zero-order chi connectivity index (χ0) is 14.0. The van der Waals surface area contributed by atoms with E-state index in [-0.39, 0.29) is 11.9 Å². The summed E-state index contributed by atoms with van der Waals surface area (Å²) in [7, 11) is 1.79. The van der Waals surface area contributed by atoms with Crippen molar-refractivity contribution in [2.45, 2.75) is 13.0 Å². The molecule has 1 aromatic heterocycles. The van der Waals surface area contributed by atoms with Gasteiger partial charge in [0, 0.05) is 17.6 Å². The summed E-state index contributed by atoms with van der Waals surface area (Å²) in [4.78, 5) is 12.1. The maximum Gasteiger partial charge on any atom is 0.251 e. The fourth-order valence-corrected chi connectivity index (χ4v) is 2.05. The van der Waals surface area contributed by atoms with Gasteiger partial charge in [0.15, 0.2) is 10.6 Å². The number of hydrogen-bond acceptors (Lipinski definition) is 3. The van der Waals surface area contributed by atoms with E-state index in [4.69, 9.17) is 23.8 Å². The minimum Gasteiger partial charge on any atom is -0.342 e. The van der Waals surface area contributed by atoms with Crippen LogP contribution >= 0.6 is 23.8 Å². The van der Waals surface area contributed by atoms with Gasteiger partial charge < -0.3 is 9.88 Å². The van der Waals surface area contributed by atoms with Crippen LogP contribution in [0.25, 0.3) is 0 Å². The zero-order valence-electron chi connectivity index (χ0n) is 10.5. The molecule has 19 heavy (non-hydrogen) atoms. The number of aromatic nitrogens is 3. The van der Waals surface area contributed by atoms with Gasteiger partial charge in [-0.3, -0.25) is 9.89 Å². The smallest absolute Gasteiger partial charge is 0.251 e. The van der Waals surface area contributed by atoms with Crippen molar-refractivity contribution in [3.05, 3.63) is 45.4 Å². The number of carbonyl (C=O) groups excluding carboxylic acids is 1. The largest absolute Gasteiger partial charge is 0.342 e. The molecule has 1 heterocycles. The second-order valence-corrected chi connectivity index (χ2v) is 4.97. The lowest BCUT2D eigenvalue weighted by Gasteiger charge is -2.13. The average molecular weight is 297 g/mol. The van der Waals surface area contributed by atoms with Gasteiger partial charge in [0.1, 0.15) is 0 Å². The molecule has 0 unspecified atom stereocenters. The summed E-state index contributed by atoms with van der Waals surface area (Å²) in [6.07, 6.45) is 0. The molecular weight excluding hydrogens is 284 g/mol. The van der Waals surface area contributed by atoms with E-state index < -0.39 is 0 Å². The third kappa shape index (κ3) is 3.02. The molecule has 0 aliphatic heterocycles. The topological polar surface area (TPSA) is 62.7 Å². The molecule has 1 amide bonds. The predicted octanol–water partition coefficient (Wildman–Crippen LogP) is 2.62. The predicted molar refractivity (Wildman–Crippen MR) is 75.7 cm³/mol. The fraction of sp³-hybridized carbons (Fsp3) is 0.250. The van der Waals surface area contributed by atoms with Crippen molar-refractivity contribution in [2.24, 2.45) is 7.05 Å². The number of benzene rings is 1. The highest BCUT2D eigenvalue weighted by Gasteiger charge is 2.15. The number of halogens is 1. The normalized spacial score (nSPS) is 12.2. The van der Waals surface area contributed by atoms with Crippen LogP contribution in [0.5, 0.6) is 0 Å². The van der Waals surface area contributed by atoms with Gasteiger partial charge in [0.05, 0.1) is 6.04 Å². The lowest BCUT2D eigenvalue weighted by atomic mass is 10.2. The quantitative estimate of drug-likeness (QED) is 0.856. The number of H-pyrrole nitrogens is 1. The Labute approximate surface area is 120 Å². The molecule has 2 rings (SSSR count). The summed E-state index contributed by atoms with van der Waals surface area (Å²) in [6, 6.07) is 6.52. The van der Waals surface area contributed by atoms with Crippen molar-refractivity contribution in [3.63, 3.8) is 0 Å². The third-order valence-corrected chi connectivity index (χ3v) is 3.34. The Kier molecular flexibility index (Phi) is 4.01. The van der Waals surface area contributed by atoms with Crippen LogP contribution < -0.4 is 5.32 Å². The number of hydrogen-bond donors (Lipinski definition) is 2. The van der Waals surface area contributed by atoms with Crippen LogP contribution in [0, 0.1) is 4.77 Å². The molecule has 7 heteroatoms. The molecule has 1 atom stereocenters. The Balaban J connectivity index is 2.15. The standard InChI is InChI=1S/C12H13ClN4OS/c1-7(10-15-16-12(19)17(10)2)14-11(18)8-4-3-5-9(13)6-8/h3-7H,1-2H3,(H,14,18)(H,16,19)/t7-/m0/s1. The maximum absolute atomic E-state index is 12.1. The van der Waals surface area contributed by atoms with E-state index in [1.54, 1.807) is 35.9 Å². The van der Waals surface area contributed by atoms with Gasteiger partial charge in [0.25, 0.3) is 5.91 Å². The van der Waals surface area contributed by atoms with Crippen LogP contribution in [-0.2, 0) is 7.05 Å². The number of carbonyl (C=O) groups is 1. The van der Waals surface area contributed by atoms with E-state index in [0.717, 1.165) is 0 Å². The first-order chi connectivity index (χ1) is 8.99. The van der Waals surface area contributed by atoms with Gasteiger partial charge in [0.2, 0.25) is 0 Å². The van der Waals surface area contributed by atoms with E-state index in [2.05, 4.69) is 15.5 Å². The highest BCUT2D eigenvalue weighted by atomic mass is 35.5. The molecule has 0 saturated heterocycles. The summed E-state index contributed by atoms with van der Waals surface area (Å²) >= 11 is 10.9. The van der Waals surface area contributed by atoms with E-state index >= 15 is 0 Å². The van der Waals surface area contributed by atoms with Gasteiger partial charge in [-0.15, -0.1) is 0 Å². The molecule has 2 N–H and O–H groups in total. The van der Waals surface area contributed by atoms with Crippen LogP contribution in [0.1, 0.15) is 29.1 Å². The van der Waals surface area contributed by atoms with Crippen LogP contribution in [-0.4, -0.2) is 20.7 Å². The van der Waals surface area contributed by atoms with Gasteiger partial charge in [-0.2, -0.15) is 5.10 Å². The lowest BCUT2D eigenvalue weighted by Crippen LogP contribution is -2.28. The molecule has 5 nitrogen and oxygen atoms in total. The molecule has 1 aromatic carbocycles. The molecule has 0 radical (unpaired) electrons. The Hall–Kier alpha value is -1.66. The van der Waals surface area contributed by atoms with Gasteiger partial charge in [-0.25, -0.2) is 0 Å². The Bertz CT molecular complexity index is 664. The van der Waals surface area contributed by atoms with E-state index in [1.165, 1.54) is 0 Å². The van der Waals surface area contributed by atoms with E-state index in [9.17, 15) is 4.79 Å². The summed E-state index contributed by atoms with van der Waals surface area (Å²) in [6.45, 7) is 1.84. The molecule has 0 fully saturated rings. The van der Waals surface area contributed by atoms with Crippen molar-refractivity contribution < 1.29 is 4.79 Å². The molecule has 100 valence electrons. The maximum atomic E-state index is 12.1. The first-order valence-corrected chi connectivity index (χ1v) is 6.45. The summed E-state index contributed by atoms with van der Waals surface area (Å²) in [5.74, 6) is 0.462. The summed E-state index contributed by atoms with van der Waals surface area (Å²) in [5, 5.41) is 10.1. The molecule has 0 spiro atoms. The number of aromatic amines is 1. The van der Waals surface area contributed by atoms with Crippen molar-refractivity contribution in [1.82, 2.24) is 20.1 Å². The Morgan fingerprint density at radius 2 is 2.32 bits per heavy atom. The summed E-state index contributed by atoms with van der Waals surface area (Å²) in [5.41, 5.74) is 0.510. The molecular formula is C12H13ClN4OS. The second kappa shape index (κ2) is 5.54. The van der Waals surface area contributed by atoms with Gasteiger partial charge >= 0.3 is 0 Å². The Morgan fingerprint density at radius 3 is 2.89 bits per heavy atom. The van der Waals surface area contributed by atoms with Crippen molar-refractivity contribution in [1.29, 1.82) is 0 Å². The molecule has 0 aliphatic carbocycles. The van der Waals surface area contributed by atoms with Crippen LogP contribution in [0.4, 0.5) is 0 Å². The van der Waals surface area contributed by atoms with Gasteiger partial charge in [-0.05, 0) is 37.3 Å². The van der Waals surface area contributed by atoms with Crippen LogP contribution in [0.3, 0.4) is 0 Å². The minimum atomic E-state index is -0.260. The monoisotopic (exact) mass is 296 g/mol. The highest BCUT2D eigenvalue weighted by molar-refractivity contribution is 7.71. The molecule has 0 bridgehead atoms. The highest BCUT2D eigenvalue weighted by Crippen LogP contribution is 2.13. The Morgan fingerprint density at radius 1 is 1.58 bits per heavy atom. The zero-order valence-corrected chi connectivity index (χ0v) is 12.0. The van der Waals surface area contributed by atoms with Crippen molar-refractivity contribution in [2.75, 3.05) is 0 Å². The van der Waals surface area contributed by atoms with Gasteiger partial charge in [-0.1, -0.05) is 17.7 Å². The first-order valence-electron chi connectivity index (χ1n) is 5.66. The summed E-state index contributed by atoms with van der Waals surface area (Å²) < 4.78 is 2.23. The fourth-order valence-electron chi connectivity index (χ4n) is 1.72. The average Bonchev–Trinajstić information content (AvgIpc) is 2.70. The third-order valence-electron chi connectivity index (χ3n) is 2.74. The van der Waals surface area contributed by atoms with Crippen LogP contribution in [0.2, 0.25) is 5.02 Å². The number of amides is 1.